The minimum atomic E-state index is -0.879. The number of aromatic amines is 1. The molecule has 0 radical (unpaired) electrons. The maximum Gasteiger partial charge on any atom is 0.329 e. The number of hydrogen-bond acceptors (Lipinski definition) is 6. The summed E-state index contributed by atoms with van der Waals surface area (Å²) in [6.07, 6.45) is 3.13. The monoisotopic (exact) mass is 429 g/mol. The Morgan fingerprint density at radius 2 is 2.06 bits per heavy atom. The summed E-state index contributed by atoms with van der Waals surface area (Å²) in [5, 5.41) is 13.9. The summed E-state index contributed by atoms with van der Waals surface area (Å²) < 4.78 is 8.67. The van der Waals surface area contributed by atoms with E-state index < -0.39 is 17.4 Å². The van der Waals surface area contributed by atoms with Gasteiger partial charge in [-0.05, 0) is 30.5 Å². The molecule has 31 heavy (non-hydrogen) atoms. The molecular weight excluding hydrogens is 398 g/mol. The summed E-state index contributed by atoms with van der Waals surface area (Å²) in [6.45, 7) is 5.03. The molecule has 0 fully saturated rings. The molecule has 0 aliphatic rings. The minimum Gasteiger partial charge on any atom is -0.491 e. The van der Waals surface area contributed by atoms with E-state index in [4.69, 9.17) is 4.74 Å². The van der Waals surface area contributed by atoms with E-state index in [1.165, 1.54) is 4.57 Å². The average molecular weight is 430 g/mol. The Kier molecular flexibility index (Phi) is 7.51. The van der Waals surface area contributed by atoms with Gasteiger partial charge in [-0.15, -0.1) is 0 Å². The zero-order valence-corrected chi connectivity index (χ0v) is 18.4. The zero-order chi connectivity index (χ0) is 22.4. The lowest BCUT2D eigenvalue weighted by atomic mass is 10.2. The number of H-pyrrole nitrogens is 1. The highest BCUT2D eigenvalue weighted by Gasteiger charge is 2.19. The number of imidazole rings is 1. The van der Waals surface area contributed by atoms with Crippen LogP contribution in [0.5, 0.6) is 5.75 Å². The molecule has 0 spiro atoms. The number of fused-ring (bicyclic) bond motifs is 1. The second kappa shape index (κ2) is 10.3. The third-order valence-corrected chi connectivity index (χ3v) is 5.21. The highest BCUT2D eigenvalue weighted by Crippen LogP contribution is 2.18. The summed E-state index contributed by atoms with van der Waals surface area (Å²) in [5.74, 6) is 1.14. The van der Waals surface area contributed by atoms with Crippen molar-refractivity contribution >= 4 is 17.1 Å². The number of aliphatic hydroxyl groups is 1. The van der Waals surface area contributed by atoms with Crippen LogP contribution in [-0.2, 0) is 20.0 Å². The number of anilines is 1. The molecule has 0 saturated heterocycles. The molecular formula is C22H31N5O4. The number of benzene rings is 1. The van der Waals surface area contributed by atoms with Crippen molar-refractivity contribution in [3.63, 3.8) is 0 Å². The number of rotatable bonds is 11. The number of aliphatic hydroxyl groups excluding tert-OH is 1. The van der Waals surface area contributed by atoms with Crippen molar-refractivity contribution in [2.75, 3.05) is 18.5 Å². The van der Waals surface area contributed by atoms with E-state index in [-0.39, 0.29) is 24.3 Å². The van der Waals surface area contributed by atoms with Gasteiger partial charge in [0.05, 0.1) is 6.54 Å². The fourth-order valence-corrected chi connectivity index (χ4v) is 3.43. The standard InChI is InChI=1S/C22H31N5O4/c1-4-6-7-11-23-21-24-19-18(20(29)25-22(30)26(19)3)27(21)13-16(28)14-31-17-10-8-9-15(5-2)12-17/h8-10,12,16,28H,4-7,11,13-14H2,1-3H3,(H,23,24)(H,25,29,30)/t16-/m0/s1. The molecule has 168 valence electrons. The molecule has 0 unspecified atom stereocenters. The Morgan fingerprint density at radius 3 is 2.81 bits per heavy atom. The van der Waals surface area contributed by atoms with Crippen molar-refractivity contribution in [2.24, 2.45) is 7.05 Å². The number of nitrogens with one attached hydrogen (secondary N) is 2. The summed E-state index contributed by atoms with van der Waals surface area (Å²) in [4.78, 5) is 31.3. The molecule has 2 heterocycles. The molecule has 9 heteroatoms. The molecule has 3 N–H and O–H groups in total. The Labute approximate surface area is 180 Å². The molecule has 0 saturated carbocycles. The van der Waals surface area contributed by atoms with Crippen molar-refractivity contribution < 1.29 is 9.84 Å². The van der Waals surface area contributed by atoms with Crippen LogP contribution in [0.15, 0.2) is 33.9 Å². The highest BCUT2D eigenvalue weighted by atomic mass is 16.5. The van der Waals surface area contributed by atoms with Crippen LogP contribution < -0.4 is 21.3 Å². The Balaban J connectivity index is 1.83. The van der Waals surface area contributed by atoms with Crippen LogP contribution in [0.4, 0.5) is 5.95 Å². The summed E-state index contributed by atoms with van der Waals surface area (Å²) in [6, 6.07) is 7.73. The van der Waals surface area contributed by atoms with E-state index in [1.807, 2.05) is 24.3 Å². The summed E-state index contributed by atoms with van der Waals surface area (Å²) >= 11 is 0. The van der Waals surface area contributed by atoms with Gasteiger partial charge >= 0.3 is 5.69 Å². The maximum absolute atomic E-state index is 12.5. The second-order valence-corrected chi connectivity index (χ2v) is 7.64. The largest absolute Gasteiger partial charge is 0.491 e. The highest BCUT2D eigenvalue weighted by molar-refractivity contribution is 5.74. The third kappa shape index (κ3) is 5.35. The van der Waals surface area contributed by atoms with E-state index in [0.717, 1.165) is 31.2 Å². The van der Waals surface area contributed by atoms with E-state index in [1.54, 1.807) is 11.6 Å². The first-order valence-corrected chi connectivity index (χ1v) is 10.8. The van der Waals surface area contributed by atoms with Gasteiger partial charge in [-0.1, -0.05) is 38.8 Å². The molecule has 0 amide bonds. The predicted molar refractivity (Wildman–Crippen MR) is 121 cm³/mol. The Bertz CT molecular complexity index is 1130. The van der Waals surface area contributed by atoms with Gasteiger partial charge < -0.3 is 19.7 Å². The van der Waals surface area contributed by atoms with Gasteiger partial charge in [-0.2, -0.15) is 4.98 Å². The van der Waals surface area contributed by atoms with Gasteiger partial charge in [0.15, 0.2) is 11.2 Å². The molecule has 3 rings (SSSR count). The van der Waals surface area contributed by atoms with E-state index >= 15 is 0 Å². The molecule has 0 bridgehead atoms. The average Bonchev–Trinajstić information content (AvgIpc) is 3.12. The number of aryl methyl sites for hydroxylation is 2. The van der Waals surface area contributed by atoms with Crippen LogP contribution in [0.2, 0.25) is 0 Å². The van der Waals surface area contributed by atoms with Crippen LogP contribution in [0.1, 0.15) is 38.7 Å². The molecule has 0 aliphatic carbocycles. The van der Waals surface area contributed by atoms with Gasteiger partial charge in [0.2, 0.25) is 5.95 Å². The molecule has 3 aromatic rings. The maximum atomic E-state index is 12.5. The van der Waals surface area contributed by atoms with Crippen LogP contribution in [0, 0.1) is 0 Å². The first kappa shape index (κ1) is 22.6. The van der Waals surface area contributed by atoms with Crippen LogP contribution >= 0.6 is 0 Å². The summed E-state index contributed by atoms with van der Waals surface area (Å²) in [5.41, 5.74) is 0.608. The van der Waals surface area contributed by atoms with Gasteiger partial charge in [-0.3, -0.25) is 14.3 Å². The quantitative estimate of drug-likeness (QED) is 0.402. The molecule has 1 aromatic carbocycles. The SMILES string of the molecule is CCCCCNc1nc2c(c(=O)[nH]c(=O)n2C)n1C[C@H](O)COc1cccc(CC)c1. The lowest BCUT2D eigenvalue weighted by molar-refractivity contribution is 0.0938. The molecule has 1 atom stereocenters. The second-order valence-electron chi connectivity index (χ2n) is 7.64. The van der Waals surface area contributed by atoms with Gasteiger partial charge in [0, 0.05) is 13.6 Å². The van der Waals surface area contributed by atoms with Gasteiger partial charge in [0.1, 0.15) is 18.5 Å². The van der Waals surface area contributed by atoms with E-state index in [0.29, 0.717) is 18.2 Å². The number of hydrogen-bond donors (Lipinski definition) is 3. The Hall–Kier alpha value is -3.07. The zero-order valence-electron chi connectivity index (χ0n) is 18.4. The Morgan fingerprint density at radius 1 is 1.26 bits per heavy atom. The fourth-order valence-electron chi connectivity index (χ4n) is 3.43. The lowest BCUT2D eigenvalue weighted by Gasteiger charge is -2.16. The summed E-state index contributed by atoms with van der Waals surface area (Å²) in [7, 11) is 1.55. The molecule has 9 nitrogen and oxygen atoms in total. The van der Waals surface area contributed by atoms with E-state index in [9.17, 15) is 14.7 Å². The number of aromatic nitrogens is 4. The topological polar surface area (TPSA) is 114 Å². The van der Waals surface area contributed by atoms with Crippen molar-refractivity contribution in [3.05, 3.63) is 50.7 Å². The normalized spacial score (nSPS) is 12.3. The first-order valence-electron chi connectivity index (χ1n) is 10.8. The molecule has 2 aromatic heterocycles. The van der Waals surface area contributed by atoms with Crippen molar-refractivity contribution in [1.82, 2.24) is 19.1 Å². The minimum absolute atomic E-state index is 0.0613. The lowest BCUT2D eigenvalue weighted by Crippen LogP contribution is -2.31. The third-order valence-electron chi connectivity index (χ3n) is 5.21. The van der Waals surface area contributed by atoms with Crippen LogP contribution in [0.25, 0.3) is 11.2 Å². The van der Waals surface area contributed by atoms with Crippen molar-refractivity contribution in [3.8, 4) is 5.75 Å². The van der Waals surface area contributed by atoms with Gasteiger partial charge in [0.25, 0.3) is 5.56 Å². The fraction of sp³-hybridized carbons (Fsp3) is 0.500. The number of ether oxygens (including phenoxy) is 1. The van der Waals surface area contributed by atoms with Crippen LogP contribution in [0.3, 0.4) is 0 Å². The van der Waals surface area contributed by atoms with Crippen LogP contribution in [-0.4, -0.2) is 43.5 Å². The van der Waals surface area contributed by atoms with Gasteiger partial charge in [-0.25, -0.2) is 4.79 Å². The van der Waals surface area contributed by atoms with Crippen molar-refractivity contribution in [2.45, 2.75) is 52.2 Å². The number of nitrogens with zero attached hydrogens (tertiary/aromatic N) is 3. The number of unbranched alkanes of at least 4 members (excludes halogenated alkanes) is 2. The predicted octanol–water partition coefficient (Wildman–Crippen LogP) is 2.03. The van der Waals surface area contributed by atoms with E-state index in [2.05, 4.69) is 29.1 Å². The first-order chi connectivity index (χ1) is 14.9. The smallest absolute Gasteiger partial charge is 0.329 e. The molecule has 0 aliphatic heterocycles. The van der Waals surface area contributed by atoms with Crippen molar-refractivity contribution in [1.29, 1.82) is 0 Å².